The number of aromatic nitrogens is 3. The first kappa shape index (κ1) is 22.9. The van der Waals surface area contributed by atoms with Gasteiger partial charge in [-0.1, -0.05) is 50.2 Å². The van der Waals surface area contributed by atoms with Gasteiger partial charge in [0, 0.05) is 17.0 Å². The Labute approximate surface area is 198 Å². The van der Waals surface area contributed by atoms with E-state index in [9.17, 15) is 18.0 Å². The predicted octanol–water partition coefficient (Wildman–Crippen LogP) is 5.87. The van der Waals surface area contributed by atoms with Gasteiger partial charge in [-0.15, -0.1) is 0 Å². The standard InChI is InChI=1S/C26H23F3N4O2/c1-15(2)30-12-17-8-10-23(35-17)19-6-4-3-5-18(19)16-7-9-20-22(11-16)33(14-26(27,28)29)25(34)21-13-31-32-24(20)21/h3-11,13,15,30H,12,14H2,1-2H3,(H,31,32). The number of nitrogens with zero attached hydrogens (tertiary/aromatic N) is 2. The van der Waals surface area contributed by atoms with Crippen LogP contribution in [0.2, 0.25) is 0 Å². The molecule has 0 saturated heterocycles. The highest BCUT2D eigenvalue weighted by Gasteiger charge is 2.30. The molecule has 0 aliphatic rings. The summed E-state index contributed by atoms with van der Waals surface area (Å²) >= 11 is 0. The maximum absolute atomic E-state index is 13.4. The van der Waals surface area contributed by atoms with Gasteiger partial charge >= 0.3 is 6.18 Å². The molecule has 0 radical (unpaired) electrons. The average Bonchev–Trinajstić information content (AvgIpc) is 3.49. The minimum absolute atomic E-state index is 0.119. The Bertz CT molecular complexity index is 1580. The number of fused-ring (bicyclic) bond motifs is 3. The summed E-state index contributed by atoms with van der Waals surface area (Å²) in [4.78, 5) is 12.9. The van der Waals surface area contributed by atoms with Gasteiger partial charge in [-0.3, -0.25) is 14.5 Å². The minimum atomic E-state index is -4.56. The maximum Gasteiger partial charge on any atom is 0.406 e. The molecule has 0 amide bonds. The summed E-state index contributed by atoms with van der Waals surface area (Å²) < 4.78 is 47.0. The highest BCUT2D eigenvalue weighted by molar-refractivity contribution is 6.04. The third kappa shape index (κ3) is 4.46. The zero-order valence-corrected chi connectivity index (χ0v) is 19.1. The van der Waals surface area contributed by atoms with E-state index in [1.165, 1.54) is 6.20 Å². The van der Waals surface area contributed by atoms with Crippen LogP contribution in [-0.2, 0) is 13.1 Å². The smallest absolute Gasteiger partial charge is 0.406 e. The zero-order valence-electron chi connectivity index (χ0n) is 19.1. The molecule has 6 nitrogen and oxygen atoms in total. The first-order valence-corrected chi connectivity index (χ1v) is 11.2. The van der Waals surface area contributed by atoms with Crippen LogP contribution in [0.5, 0.6) is 0 Å². The summed E-state index contributed by atoms with van der Waals surface area (Å²) in [6.07, 6.45) is -3.30. The Morgan fingerprint density at radius 2 is 1.83 bits per heavy atom. The van der Waals surface area contributed by atoms with Crippen LogP contribution in [0.15, 0.2) is 70.0 Å². The molecule has 9 heteroatoms. The van der Waals surface area contributed by atoms with Crippen LogP contribution in [-0.4, -0.2) is 27.0 Å². The first-order chi connectivity index (χ1) is 16.7. The van der Waals surface area contributed by atoms with E-state index < -0.39 is 18.3 Å². The molecular weight excluding hydrogens is 457 g/mol. The summed E-state index contributed by atoms with van der Waals surface area (Å²) in [5, 5.41) is 10.5. The van der Waals surface area contributed by atoms with Crippen LogP contribution in [0, 0.1) is 0 Å². The summed E-state index contributed by atoms with van der Waals surface area (Å²) in [5.74, 6) is 1.43. The number of aromatic amines is 1. The van der Waals surface area contributed by atoms with Gasteiger partial charge in [0.25, 0.3) is 5.56 Å². The largest absolute Gasteiger partial charge is 0.460 e. The normalized spacial score (nSPS) is 12.3. The summed E-state index contributed by atoms with van der Waals surface area (Å²) in [6.45, 7) is 3.29. The SMILES string of the molecule is CC(C)NCc1ccc(-c2ccccc2-c2ccc3c4[nH]ncc4c(=O)n(CC(F)(F)F)c3c2)o1. The van der Waals surface area contributed by atoms with Crippen molar-refractivity contribution in [2.45, 2.75) is 39.2 Å². The van der Waals surface area contributed by atoms with Crippen molar-refractivity contribution >= 4 is 21.8 Å². The zero-order chi connectivity index (χ0) is 24.7. The van der Waals surface area contributed by atoms with Gasteiger partial charge in [0.2, 0.25) is 0 Å². The quantitative estimate of drug-likeness (QED) is 0.319. The van der Waals surface area contributed by atoms with Gasteiger partial charge in [0.15, 0.2) is 0 Å². The summed E-state index contributed by atoms with van der Waals surface area (Å²) in [6, 6.07) is 16.8. The average molecular weight is 480 g/mol. The molecule has 2 aromatic carbocycles. The highest BCUT2D eigenvalue weighted by Crippen LogP contribution is 2.35. The highest BCUT2D eigenvalue weighted by atomic mass is 19.4. The van der Waals surface area contributed by atoms with Crippen molar-refractivity contribution in [2.24, 2.45) is 0 Å². The van der Waals surface area contributed by atoms with E-state index >= 15 is 0 Å². The van der Waals surface area contributed by atoms with Gasteiger partial charge in [-0.2, -0.15) is 18.3 Å². The number of benzene rings is 2. The lowest BCUT2D eigenvalue weighted by Gasteiger charge is -2.15. The van der Waals surface area contributed by atoms with Crippen molar-refractivity contribution < 1.29 is 17.6 Å². The van der Waals surface area contributed by atoms with Crippen molar-refractivity contribution in [2.75, 3.05) is 0 Å². The number of furan rings is 1. The number of halogens is 3. The monoisotopic (exact) mass is 480 g/mol. The van der Waals surface area contributed by atoms with Crippen LogP contribution in [0.4, 0.5) is 13.2 Å². The molecule has 0 saturated carbocycles. The summed E-state index contributed by atoms with van der Waals surface area (Å²) in [5.41, 5.74) is 2.10. The molecule has 5 rings (SSSR count). The molecule has 0 bridgehead atoms. The molecule has 5 aromatic rings. The van der Waals surface area contributed by atoms with Crippen LogP contribution in [0.25, 0.3) is 44.3 Å². The van der Waals surface area contributed by atoms with Crippen LogP contribution in [0.1, 0.15) is 19.6 Å². The number of hydrogen-bond acceptors (Lipinski definition) is 4. The van der Waals surface area contributed by atoms with Gasteiger partial charge in [0.1, 0.15) is 18.1 Å². The molecule has 0 unspecified atom stereocenters. The molecule has 0 spiro atoms. The molecule has 2 N–H and O–H groups in total. The van der Waals surface area contributed by atoms with Crippen LogP contribution < -0.4 is 10.9 Å². The van der Waals surface area contributed by atoms with E-state index in [-0.39, 0.29) is 10.9 Å². The van der Waals surface area contributed by atoms with Crippen molar-refractivity contribution in [3.8, 4) is 22.5 Å². The lowest BCUT2D eigenvalue weighted by Crippen LogP contribution is -2.28. The predicted molar refractivity (Wildman–Crippen MR) is 129 cm³/mol. The molecule has 0 atom stereocenters. The number of alkyl halides is 3. The van der Waals surface area contributed by atoms with E-state index in [4.69, 9.17) is 4.42 Å². The van der Waals surface area contributed by atoms with Crippen molar-refractivity contribution in [3.05, 3.63) is 76.9 Å². The molecule has 180 valence electrons. The third-order valence-corrected chi connectivity index (χ3v) is 5.86. The lowest BCUT2D eigenvalue weighted by atomic mass is 9.96. The Kier molecular flexibility index (Phi) is 5.72. The van der Waals surface area contributed by atoms with Crippen LogP contribution >= 0.6 is 0 Å². The van der Waals surface area contributed by atoms with E-state index in [1.54, 1.807) is 12.1 Å². The van der Waals surface area contributed by atoms with E-state index in [2.05, 4.69) is 15.5 Å². The Hall–Kier alpha value is -3.85. The second-order valence-corrected chi connectivity index (χ2v) is 8.74. The van der Waals surface area contributed by atoms with Crippen molar-refractivity contribution in [1.82, 2.24) is 20.1 Å². The lowest BCUT2D eigenvalue weighted by molar-refractivity contribution is -0.140. The summed E-state index contributed by atoms with van der Waals surface area (Å²) in [7, 11) is 0. The van der Waals surface area contributed by atoms with E-state index in [1.807, 2.05) is 56.3 Å². The number of pyridine rings is 1. The second-order valence-electron chi connectivity index (χ2n) is 8.74. The molecule has 3 heterocycles. The van der Waals surface area contributed by atoms with E-state index in [0.29, 0.717) is 34.8 Å². The molecule has 0 aliphatic carbocycles. The molecule has 0 aliphatic heterocycles. The molecule has 0 fully saturated rings. The Morgan fingerprint density at radius 3 is 2.57 bits per heavy atom. The Balaban J connectivity index is 1.66. The van der Waals surface area contributed by atoms with Gasteiger partial charge in [0.05, 0.1) is 29.2 Å². The van der Waals surface area contributed by atoms with Crippen molar-refractivity contribution in [3.63, 3.8) is 0 Å². The number of nitrogens with one attached hydrogen (secondary N) is 2. The first-order valence-electron chi connectivity index (χ1n) is 11.2. The molecule has 3 aromatic heterocycles. The van der Waals surface area contributed by atoms with Gasteiger partial charge in [-0.05, 0) is 29.3 Å². The second kappa shape index (κ2) is 8.74. The van der Waals surface area contributed by atoms with Gasteiger partial charge < -0.3 is 9.73 Å². The fraction of sp³-hybridized carbons (Fsp3) is 0.231. The van der Waals surface area contributed by atoms with E-state index in [0.717, 1.165) is 21.5 Å². The third-order valence-electron chi connectivity index (χ3n) is 5.86. The fourth-order valence-corrected chi connectivity index (χ4v) is 4.25. The molecule has 35 heavy (non-hydrogen) atoms. The number of rotatable bonds is 6. The van der Waals surface area contributed by atoms with Crippen molar-refractivity contribution in [1.29, 1.82) is 0 Å². The topological polar surface area (TPSA) is 75.8 Å². The minimum Gasteiger partial charge on any atom is -0.460 e. The number of H-pyrrole nitrogens is 1. The molecular formula is C26H23F3N4O2. The number of hydrogen-bond donors (Lipinski definition) is 2. The maximum atomic E-state index is 13.4. The fourth-order valence-electron chi connectivity index (χ4n) is 4.25. The van der Waals surface area contributed by atoms with Crippen LogP contribution in [0.3, 0.4) is 0 Å². The van der Waals surface area contributed by atoms with Gasteiger partial charge in [-0.25, -0.2) is 0 Å². The Morgan fingerprint density at radius 1 is 1.06 bits per heavy atom.